The highest BCUT2D eigenvalue weighted by atomic mass is 32.2. The summed E-state index contributed by atoms with van der Waals surface area (Å²) in [6.07, 6.45) is 1.92. The number of hydrogen-bond acceptors (Lipinski definition) is 4. The van der Waals surface area contributed by atoms with E-state index in [9.17, 15) is 4.79 Å². The Bertz CT molecular complexity index is 317. The van der Waals surface area contributed by atoms with Crippen molar-refractivity contribution >= 4 is 17.7 Å². The number of thioether (sulfide) groups is 1. The summed E-state index contributed by atoms with van der Waals surface area (Å²) < 4.78 is 0. The minimum Gasteiger partial charge on any atom is -0.481 e. The van der Waals surface area contributed by atoms with E-state index < -0.39 is 5.97 Å². The van der Waals surface area contributed by atoms with Gasteiger partial charge in [-0.15, -0.1) is 0 Å². The number of carboxylic acids is 1. The molecule has 0 saturated heterocycles. The van der Waals surface area contributed by atoms with Crippen molar-refractivity contribution in [2.45, 2.75) is 19.1 Å². The molecule has 1 rings (SSSR count). The zero-order valence-electron chi connectivity index (χ0n) is 7.93. The number of carbonyl (C=O) groups is 1. The summed E-state index contributed by atoms with van der Waals surface area (Å²) in [7, 11) is 0. The van der Waals surface area contributed by atoms with Crippen molar-refractivity contribution in [3.8, 4) is 0 Å². The summed E-state index contributed by atoms with van der Waals surface area (Å²) in [6, 6.07) is 1.85. The fourth-order valence-electron chi connectivity index (χ4n) is 0.922. The van der Waals surface area contributed by atoms with E-state index in [1.807, 2.05) is 13.0 Å². The van der Waals surface area contributed by atoms with Crippen molar-refractivity contribution in [1.29, 1.82) is 0 Å². The second-order valence-electron chi connectivity index (χ2n) is 2.79. The number of rotatable bonds is 5. The molecule has 0 aliphatic carbocycles. The Kier molecular flexibility index (Phi) is 4.39. The van der Waals surface area contributed by atoms with Crippen LogP contribution in [0.3, 0.4) is 0 Å². The summed E-state index contributed by atoms with van der Waals surface area (Å²) in [6.45, 7) is 1.84. The van der Waals surface area contributed by atoms with Gasteiger partial charge in [0.05, 0.1) is 12.1 Å². The van der Waals surface area contributed by atoms with Crippen LogP contribution in [0.4, 0.5) is 0 Å². The molecule has 1 heterocycles. The first-order chi connectivity index (χ1) is 6.68. The number of nitrogens with zero attached hydrogens (tertiary/aromatic N) is 2. The Hall–Kier alpha value is -1.10. The van der Waals surface area contributed by atoms with Crippen LogP contribution in [0, 0.1) is 6.92 Å². The van der Waals surface area contributed by atoms with Gasteiger partial charge in [-0.1, -0.05) is 0 Å². The normalized spacial score (nSPS) is 10.1. The zero-order valence-corrected chi connectivity index (χ0v) is 8.75. The molecule has 0 atom stereocenters. The van der Waals surface area contributed by atoms with Crippen LogP contribution < -0.4 is 0 Å². The first kappa shape index (κ1) is 11.0. The Balaban J connectivity index is 2.28. The summed E-state index contributed by atoms with van der Waals surface area (Å²) in [5.74, 6) is 1.37. The third-order valence-electron chi connectivity index (χ3n) is 1.54. The quantitative estimate of drug-likeness (QED) is 0.749. The minimum absolute atomic E-state index is 0.203. The number of aliphatic carboxylic acids is 1. The molecular weight excluding hydrogens is 200 g/mol. The van der Waals surface area contributed by atoms with Gasteiger partial charge < -0.3 is 5.11 Å². The van der Waals surface area contributed by atoms with Crippen LogP contribution >= 0.6 is 11.8 Å². The molecule has 0 spiro atoms. The maximum absolute atomic E-state index is 10.2. The Labute approximate surface area is 86.8 Å². The molecule has 0 amide bonds. The minimum atomic E-state index is -0.753. The highest BCUT2D eigenvalue weighted by Gasteiger charge is 1.99. The van der Waals surface area contributed by atoms with E-state index in [2.05, 4.69) is 9.97 Å². The molecule has 0 aliphatic heterocycles. The average Bonchev–Trinajstić information content (AvgIpc) is 2.12. The lowest BCUT2D eigenvalue weighted by Crippen LogP contribution is -1.97. The molecule has 0 aliphatic rings. The van der Waals surface area contributed by atoms with Crippen LogP contribution in [0.2, 0.25) is 0 Å². The Morgan fingerprint density at radius 2 is 2.43 bits per heavy atom. The second-order valence-corrected chi connectivity index (χ2v) is 3.90. The molecule has 1 aromatic heterocycles. The lowest BCUT2D eigenvalue weighted by Gasteiger charge is -1.99. The first-order valence-electron chi connectivity index (χ1n) is 4.26. The molecule has 1 aromatic rings. The predicted octanol–water partition coefficient (Wildman–Crippen LogP) is 1.49. The second kappa shape index (κ2) is 5.59. The number of hydrogen-bond donors (Lipinski definition) is 1. The van der Waals surface area contributed by atoms with Gasteiger partial charge in [0, 0.05) is 17.7 Å². The maximum Gasteiger partial charge on any atom is 0.304 e. The third-order valence-corrected chi connectivity index (χ3v) is 2.54. The fraction of sp³-hybridized carbons (Fsp3) is 0.444. The molecule has 0 unspecified atom stereocenters. The van der Waals surface area contributed by atoms with Gasteiger partial charge in [0.25, 0.3) is 0 Å². The molecule has 0 aromatic carbocycles. The van der Waals surface area contributed by atoms with Crippen molar-refractivity contribution in [2.75, 3.05) is 5.75 Å². The van der Waals surface area contributed by atoms with Gasteiger partial charge in [-0.25, -0.2) is 9.97 Å². The van der Waals surface area contributed by atoms with Crippen molar-refractivity contribution < 1.29 is 9.90 Å². The van der Waals surface area contributed by atoms with Crippen molar-refractivity contribution in [3.63, 3.8) is 0 Å². The molecule has 14 heavy (non-hydrogen) atoms. The van der Waals surface area contributed by atoms with Gasteiger partial charge >= 0.3 is 5.97 Å². The fourth-order valence-corrected chi connectivity index (χ4v) is 1.75. The highest BCUT2D eigenvalue weighted by molar-refractivity contribution is 7.98. The third kappa shape index (κ3) is 4.23. The van der Waals surface area contributed by atoms with E-state index in [4.69, 9.17) is 5.11 Å². The summed E-state index contributed by atoms with van der Waals surface area (Å²) >= 11 is 1.57. The average molecular weight is 212 g/mol. The summed E-state index contributed by atoms with van der Waals surface area (Å²) in [4.78, 5) is 18.4. The van der Waals surface area contributed by atoms with Gasteiger partial charge in [-0.3, -0.25) is 4.79 Å². The standard InChI is InChI=1S/C9H12N2O2S/c1-7-10-4-2-8(11-7)6-14-5-3-9(12)13/h2,4H,3,5-6H2,1H3,(H,12,13). The first-order valence-corrected chi connectivity index (χ1v) is 5.42. The molecule has 4 nitrogen and oxygen atoms in total. The van der Waals surface area contributed by atoms with Crippen LogP contribution in [0.15, 0.2) is 12.3 Å². The van der Waals surface area contributed by atoms with Crippen LogP contribution in [0.1, 0.15) is 17.9 Å². The van der Waals surface area contributed by atoms with E-state index in [1.165, 1.54) is 0 Å². The van der Waals surface area contributed by atoms with Gasteiger partial charge in [-0.2, -0.15) is 11.8 Å². The van der Waals surface area contributed by atoms with E-state index >= 15 is 0 Å². The molecule has 76 valence electrons. The van der Waals surface area contributed by atoms with Crippen LogP contribution in [0.25, 0.3) is 0 Å². The Morgan fingerprint density at radius 1 is 1.64 bits per heavy atom. The number of carboxylic acid groups (broad SMARTS) is 1. The van der Waals surface area contributed by atoms with Gasteiger partial charge in [0.15, 0.2) is 0 Å². The molecule has 1 N–H and O–H groups in total. The molecule has 0 fully saturated rings. The zero-order chi connectivity index (χ0) is 10.4. The van der Waals surface area contributed by atoms with Crippen molar-refractivity contribution in [3.05, 3.63) is 23.8 Å². The van der Waals surface area contributed by atoms with Gasteiger partial charge in [0.2, 0.25) is 0 Å². The monoisotopic (exact) mass is 212 g/mol. The van der Waals surface area contributed by atoms with Crippen molar-refractivity contribution in [2.24, 2.45) is 0 Å². The van der Waals surface area contributed by atoms with Gasteiger partial charge in [0.1, 0.15) is 5.82 Å². The topological polar surface area (TPSA) is 63.1 Å². The van der Waals surface area contributed by atoms with Crippen LogP contribution in [-0.4, -0.2) is 26.8 Å². The van der Waals surface area contributed by atoms with E-state index in [0.29, 0.717) is 5.75 Å². The highest BCUT2D eigenvalue weighted by Crippen LogP contribution is 2.10. The number of aryl methyl sites for hydroxylation is 1. The van der Waals surface area contributed by atoms with Crippen LogP contribution in [-0.2, 0) is 10.5 Å². The Morgan fingerprint density at radius 3 is 3.07 bits per heavy atom. The SMILES string of the molecule is Cc1nccc(CSCCC(=O)O)n1. The largest absolute Gasteiger partial charge is 0.481 e. The maximum atomic E-state index is 10.2. The van der Waals surface area contributed by atoms with Crippen LogP contribution in [0.5, 0.6) is 0 Å². The number of aromatic nitrogens is 2. The van der Waals surface area contributed by atoms with E-state index in [-0.39, 0.29) is 6.42 Å². The van der Waals surface area contributed by atoms with Crippen molar-refractivity contribution in [1.82, 2.24) is 9.97 Å². The predicted molar refractivity (Wildman–Crippen MR) is 55.2 cm³/mol. The molecule has 0 bridgehead atoms. The molecule has 0 saturated carbocycles. The molecule has 5 heteroatoms. The molecular formula is C9H12N2O2S. The lowest BCUT2D eigenvalue weighted by molar-refractivity contribution is -0.136. The summed E-state index contributed by atoms with van der Waals surface area (Å²) in [5, 5.41) is 8.42. The van der Waals surface area contributed by atoms with E-state index in [1.54, 1.807) is 18.0 Å². The molecule has 0 radical (unpaired) electrons. The lowest BCUT2D eigenvalue weighted by atomic mass is 10.4. The smallest absolute Gasteiger partial charge is 0.304 e. The van der Waals surface area contributed by atoms with E-state index in [0.717, 1.165) is 17.3 Å². The van der Waals surface area contributed by atoms with Gasteiger partial charge in [-0.05, 0) is 13.0 Å². The summed E-state index contributed by atoms with van der Waals surface area (Å²) in [5.41, 5.74) is 0.952.